The third kappa shape index (κ3) is 5.29. The van der Waals surface area contributed by atoms with Crippen molar-refractivity contribution in [3.8, 4) is 0 Å². The summed E-state index contributed by atoms with van der Waals surface area (Å²) in [7, 11) is -3.97. The summed E-state index contributed by atoms with van der Waals surface area (Å²) in [5.41, 5.74) is 0. The molecule has 1 radical (unpaired) electrons. The van der Waals surface area contributed by atoms with E-state index in [1.807, 2.05) is 0 Å². The van der Waals surface area contributed by atoms with Crippen molar-refractivity contribution in [1.29, 1.82) is 0 Å². The van der Waals surface area contributed by atoms with E-state index in [2.05, 4.69) is 4.72 Å². The Morgan fingerprint density at radius 2 is 1.67 bits per heavy atom. The molecule has 77 valence electrons. The van der Waals surface area contributed by atoms with Crippen LogP contribution in [0, 0.1) is 0 Å². The third-order valence-electron chi connectivity index (χ3n) is 1.92. The van der Waals surface area contributed by atoms with E-state index >= 15 is 0 Å². The smallest absolute Gasteiger partial charge is 0.273 e. The second-order valence-electron chi connectivity index (χ2n) is 2.93. The maximum atomic E-state index is 10.3. The zero-order valence-corrected chi connectivity index (χ0v) is 8.89. The monoisotopic (exact) mass is 286 g/mol. The van der Waals surface area contributed by atoms with Crippen molar-refractivity contribution >= 4 is 10.3 Å². The summed E-state index contributed by atoms with van der Waals surface area (Å²) < 4.78 is 31.3. The van der Waals surface area contributed by atoms with Gasteiger partial charge in [-0.1, -0.05) is 19.3 Å². The van der Waals surface area contributed by atoms with E-state index in [-0.39, 0.29) is 28.4 Å². The van der Waals surface area contributed by atoms with Crippen molar-refractivity contribution in [2.24, 2.45) is 0 Å². The van der Waals surface area contributed by atoms with Gasteiger partial charge in [-0.25, -0.2) is 0 Å². The van der Waals surface area contributed by atoms with Crippen LogP contribution in [0.4, 0.5) is 0 Å². The van der Waals surface area contributed by atoms with E-state index in [9.17, 15) is 8.42 Å². The minimum Gasteiger partial charge on any atom is -0.273 e. The minimum absolute atomic E-state index is 0. The Bertz CT molecular complexity index is 211. The van der Waals surface area contributed by atoms with Crippen molar-refractivity contribution in [1.82, 2.24) is 4.72 Å². The molecule has 0 unspecified atom stereocenters. The zero-order valence-electron chi connectivity index (χ0n) is 6.59. The molecule has 0 amide bonds. The van der Waals surface area contributed by atoms with Gasteiger partial charge in [0, 0.05) is 28.4 Å². The molecule has 0 saturated heterocycles. The normalized spacial score (nSPS) is 20.1. The van der Waals surface area contributed by atoms with Gasteiger partial charge in [-0.15, -0.1) is 0 Å². The average Bonchev–Trinajstić information content (AvgIpc) is 1.85. The van der Waals surface area contributed by atoms with Crippen LogP contribution in [-0.2, 0) is 32.7 Å². The molecule has 1 rings (SSSR count). The molecule has 0 aromatic rings. The summed E-state index contributed by atoms with van der Waals surface area (Å²) in [4.78, 5) is 0. The molecule has 0 aromatic carbocycles. The molecule has 6 heteroatoms. The van der Waals surface area contributed by atoms with Gasteiger partial charge in [0.1, 0.15) is 0 Å². The SMILES string of the molecule is O=S(=O)(O)NC1CCCCC1.[Ag]. The zero-order chi connectivity index (χ0) is 8.32. The first-order chi connectivity index (χ1) is 5.08. The second-order valence-corrected chi connectivity index (χ2v) is 4.11. The second kappa shape index (κ2) is 5.36. The predicted molar refractivity (Wildman–Crippen MR) is 41.6 cm³/mol. The maximum Gasteiger partial charge on any atom is 0.333 e. The molecule has 0 heterocycles. The van der Waals surface area contributed by atoms with E-state index in [4.69, 9.17) is 4.55 Å². The summed E-state index contributed by atoms with van der Waals surface area (Å²) in [6.45, 7) is 0. The van der Waals surface area contributed by atoms with Crippen molar-refractivity contribution in [3.05, 3.63) is 0 Å². The molecule has 0 spiro atoms. The number of rotatable bonds is 2. The van der Waals surface area contributed by atoms with Crippen LogP contribution in [0.15, 0.2) is 0 Å². The fourth-order valence-electron chi connectivity index (χ4n) is 1.43. The Morgan fingerprint density at radius 1 is 1.17 bits per heavy atom. The first-order valence-electron chi connectivity index (χ1n) is 3.83. The number of nitrogens with one attached hydrogen (secondary N) is 1. The van der Waals surface area contributed by atoms with Crippen molar-refractivity contribution in [2.75, 3.05) is 0 Å². The molecule has 2 N–H and O–H groups in total. The summed E-state index contributed by atoms with van der Waals surface area (Å²) in [5, 5.41) is 0. The molecule has 0 bridgehead atoms. The molecule has 1 aliphatic carbocycles. The Morgan fingerprint density at radius 3 is 2.08 bits per heavy atom. The first kappa shape index (κ1) is 12.6. The number of hydrogen-bond donors (Lipinski definition) is 2. The predicted octanol–water partition coefficient (Wildman–Crippen LogP) is 0.709. The summed E-state index contributed by atoms with van der Waals surface area (Å²) in [6, 6.07) is -0.0428. The molecule has 1 aliphatic rings. The van der Waals surface area contributed by atoms with Gasteiger partial charge in [-0.3, -0.25) is 4.55 Å². The van der Waals surface area contributed by atoms with Crippen LogP contribution in [0.1, 0.15) is 32.1 Å². The van der Waals surface area contributed by atoms with E-state index in [0.29, 0.717) is 0 Å². The van der Waals surface area contributed by atoms with Crippen LogP contribution in [0.3, 0.4) is 0 Å². The van der Waals surface area contributed by atoms with E-state index < -0.39 is 10.3 Å². The Kier molecular flexibility index (Phi) is 5.64. The average molecular weight is 287 g/mol. The van der Waals surface area contributed by atoms with Gasteiger partial charge < -0.3 is 0 Å². The molecular weight excluding hydrogens is 274 g/mol. The minimum atomic E-state index is -3.97. The van der Waals surface area contributed by atoms with Gasteiger partial charge in [-0.2, -0.15) is 13.1 Å². The van der Waals surface area contributed by atoms with Gasteiger partial charge >= 0.3 is 10.3 Å². The number of hydrogen-bond acceptors (Lipinski definition) is 2. The fraction of sp³-hybridized carbons (Fsp3) is 1.00. The van der Waals surface area contributed by atoms with Crippen LogP contribution < -0.4 is 4.72 Å². The molecule has 0 atom stereocenters. The quantitative estimate of drug-likeness (QED) is 0.580. The van der Waals surface area contributed by atoms with Gasteiger partial charge in [0.25, 0.3) is 0 Å². The topological polar surface area (TPSA) is 66.4 Å². The Balaban J connectivity index is 0.00000121. The molecular formula is C6H13AgNO3S. The molecule has 1 saturated carbocycles. The van der Waals surface area contributed by atoms with Crippen LogP contribution >= 0.6 is 0 Å². The standard InChI is InChI=1S/C6H13NO3S.Ag/c8-11(9,10)7-6-4-2-1-3-5-6;/h6-7H,1-5H2,(H,8,9,10);. The van der Waals surface area contributed by atoms with E-state index in [1.54, 1.807) is 0 Å². The van der Waals surface area contributed by atoms with Crippen LogP contribution in [0.5, 0.6) is 0 Å². The van der Waals surface area contributed by atoms with Crippen LogP contribution in [0.25, 0.3) is 0 Å². The summed E-state index contributed by atoms with van der Waals surface area (Å²) in [6.07, 6.45) is 4.96. The van der Waals surface area contributed by atoms with Gasteiger partial charge in [-0.05, 0) is 12.8 Å². The molecule has 4 nitrogen and oxygen atoms in total. The largest absolute Gasteiger partial charge is 0.333 e. The fourth-order valence-corrected chi connectivity index (χ4v) is 2.09. The van der Waals surface area contributed by atoms with Crippen molar-refractivity contribution in [3.63, 3.8) is 0 Å². The third-order valence-corrected chi connectivity index (χ3v) is 2.55. The van der Waals surface area contributed by atoms with Crippen LogP contribution in [-0.4, -0.2) is 19.0 Å². The van der Waals surface area contributed by atoms with Crippen LogP contribution in [0.2, 0.25) is 0 Å². The molecule has 12 heavy (non-hydrogen) atoms. The van der Waals surface area contributed by atoms with Crippen molar-refractivity contribution in [2.45, 2.75) is 38.1 Å². The maximum absolute atomic E-state index is 10.3. The Hall–Kier alpha value is 0.610. The molecule has 1 fully saturated rings. The first-order valence-corrected chi connectivity index (χ1v) is 5.27. The van der Waals surface area contributed by atoms with E-state index in [0.717, 1.165) is 25.7 Å². The summed E-state index contributed by atoms with van der Waals surface area (Å²) >= 11 is 0. The van der Waals surface area contributed by atoms with Gasteiger partial charge in [0.05, 0.1) is 0 Å². The van der Waals surface area contributed by atoms with Crippen molar-refractivity contribution < 1.29 is 35.4 Å². The van der Waals surface area contributed by atoms with E-state index in [1.165, 1.54) is 6.42 Å². The summed E-state index contributed by atoms with van der Waals surface area (Å²) in [5.74, 6) is 0. The van der Waals surface area contributed by atoms with Gasteiger partial charge in [0.2, 0.25) is 0 Å². The Labute approximate surface area is 88.5 Å². The molecule has 0 aromatic heterocycles. The molecule has 0 aliphatic heterocycles. The van der Waals surface area contributed by atoms with Gasteiger partial charge in [0.15, 0.2) is 0 Å².